The van der Waals surface area contributed by atoms with E-state index in [1.807, 2.05) is 69.3 Å². The number of rotatable bonds is 9. The Bertz CT molecular complexity index is 1870. The molecular formula is C33H31BrN4O4. The molecule has 9 heteroatoms. The van der Waals surface area contributed by atoms with E-state index < -0.39 is 5.97 Å². The van der Waals surface area contributed by atoms with E-state index in [4.69, 9.17) is 9.72 Å². The van der Waals surface area contributed by atoms with E-state index in [1.165, 1.54) is 4.68 Å². The summed E-state index contributed by atoms with van der Waals surface area (Å²) in [6, 6.07) is 22.0. The lowest BCUT2D eigenvalue weighted by atomic mass is 10.1. The summed E-state index contributed by atoms with van der Waals surface area (Å²) in [4.78, 5) is 29.5. The van der Waals surface area contributed by atoms with Gasteiger partial charge in [0.25, 0.3) is 5.56 Å². The molecule has 0 unspecified atom stereocenters. The van der Waals surface area contributed by atoms with Gasteiger partial charge in [0.15, 0.2) is 0 Å². The third-order valence-electron chi connectivity index (χ3n) is 7.34. The molecule has 0 aliphatic rings. The number of carboxylic acids is 1. The highest BCUT2D eigenvalue weighted by Crippen LogP contribution is 2.24. The molecule has 0 saturated carbocycles. The molecule has 2 heterocycles. The van der Waals surface area contributed by atoms with Crippen molar-refractivity contribution in [2.45, 2.75) is 46.6 Å². The number of aromatic carboxylic acids is 1. The molecular weight excluding hydrogens is 596 g/mol. The average molecular weight is 628 g/mol. The molecule has 8 nitrogen and oxygen atoms in total. The molecule has 2 aromatic heterocycles. The minimum atomic E-state index is -0.965. The third-order valence-corrected chi connectivity index (χ3v) is 7.84. The van der Waals surface area contributed by atoms with Crippen molar-refractivity contribution in [2.75, 3.05) is 0 Å². The van der Waals surface area contributed by atoms with E-state index in [1.54, 1.807) is 30.5 Å². The van der Waals surface area contributed by atoms with E-state index in [-0.39, 0.29) is 23.6 Å². The average Bonchev–Trinajstić information content (AvgIpc) is 3.28. The van der Waals surface area contributed by atoms with Gasteiger partial charge in [0.1, 0.15) is 18.2 Å². The standard InChI is InChI=1S/C33H31BrN4O4/c1-5-20(2)31-36-30-14-9-26(34)17-29(30)32(39)38(31)35-18-25-15-21(3)37(22(25)4)27-10-12-28(13-11-27)42-19-23-7-6-8-24(16-23)33(40)41/h6-18,20H,5,19H2,1-4H3,(H,40,41)/t20-/m1/s1. The Labute approximate surface area is 252 Å². The van der Waals surface area contributed by atoms with Gasteiger partial charge in [-0.2, -0.15) is 9.78 Å². The van der Waals surface area contributed by atoms with Crippen LogP contribution in [0.5, 0.6) is 5.75 Å². The fraction of sp³-hybridized carbons (Fsp3) is 0.212. The van der Waals surface area contributed by atoms with Crippen LogP contribution in [0.1, 0.15) is 64.9 Å². The maximum atomic E-state index is 13.5. The monoisotopic (exact) mass is 626 g/mol. The van der Waals surface area contributed by atoms with Crippen molar-refractivity contribution in [1.82, 2.24) is 14.2 Å². The van der Waals surface area contributed by atoms with Crippen molar-refractivity contribution in [2.24, 2.45) is 5.10 Å². The lowest BCUT2D eigenvalue weighted by Crippen LogP contribution is -2.23. The molecule has 0 saturated heterocycles. The Kier molecular flexibility index (Phi) is 8.40. The number of ether oxygens (including phenoxy) is 1. The van der Waals surface area contributed by atoms with Crippen LogP contribution in [0.3, 0.4) is 0 Å². The minimum absolute atomic E-state index is 0.0529. The number of hydrogen-bond acceptors (Lipinski definition) is 5. The minimum Gasteiger partial charge on any atom is -0.489 e. The zero-order chi connectivity index (χ0) is 30.0. The van der Waals surface area contributed by atoms with Crippen LogP contribution in [-0.4, -0.2) is 31.5 Å². The highest BCUT2D eigenvalue weighted by molar-refractivity contribution is 9.10. The van der Waals surface area contributed by atoms with Gasteiger partial charge in [-0.25, -0.2) is 9.78 Å². The summed E-state index contributed by atoms with van der Waals surface area (Å²) in [5.74, 6) is 0.397. The van der Waals surface area contributed by atoms with E-state index in [0.29, 0.717) is 22.5 Å². The Morgan fingerprint density at radius 1 is 1.10 bits per heavy atom. The number of carboxylic acid groups (broad SMARTS) is 1. The van der Waals surface area contributed by atoms with E-state index in [9.17, 15) is 14.7 Å². The molecule has 42 heavy (non-hydrogen) atoms. The first-order valence-electron chi connectivity index (χ1n) is 13.7. The quantitative estimate of drug-likeness (QED) is 0.174. The van der Waals surface area contributed by atoms with Crippen molar-refractivity contribution in [3.05, 3.63) is 122 Å². The van der Waals surface area contributed by atoms with E-state index in [0.717, 1.165) is 39.1 Å². The van der Waals surface area contributed by atoms with Crippen LogP contribution in [-0.2, 0) is 6.61 Å². The number of benzene rings is 3. The molecule has 5 rings (SSSR count). The van der Waals surface area contributed by atoms with Gasteiger partial charge in [-0.05, 0) is 86.5 Å². The molecule has 1 atom stereocenters. The molecule has 0 aliphatic carbocycles. The second-order valence-corrected chi connectivity index (χ2v) is 11.2. The summed E-state index contributed by atoms with van der Waals surface area (Å²) in [5.41, 5.74) is 5.31. The van der Waals surface area contributed by atoms with Crippen molar-refractivity contribution in [3.63, 3.8) is 0 Å². The van der Waals surface area contributed by atoms with Gasteiger partial charge in [0.2, 0.25) is 0 Å². The van der Waals surface area contributed by atoms with Gasteiger partial charge in [0.05, 0.1) is 22.7 Å². The van der Waals surface area contributed by atoms with Gasteiger partial charge >= 0.3 is 5.97 Å². The largest absolute Gasteiger partial charge is 0.489 e. The lowest BCUT2D eigenvalue weighted by molar-refractivity contribution is 0.0696. The zero-order valence-corrected chi connectivity index (χ0v) is 25.4. The Balaban J connectivity index is 1.41. The number of halogens is 1. The molecule has 0 bridgehead atoms. The topological polar surface area (TPSA) is 98.7 Å². The predicted octanol–water partition coefficient (Wildman–Crippen LogP) is 7.24. The summed E-state index contributed by atoms with van der Waals surface area (Å²) >= 11 is 3.46. The Morgan fingerprint density at radius 2 is 1.86 bits per heavy atom. The lowest BCUT2D eigenvalue weighted by Gasteiger charge is -2.14. The van der Waals surface area contributed by atoms with Crippen LogP contribution in [0.25, 0.3) is 16.6 Å². The fourth-order valence-corrected chi connectivity index (χ4v) is 5.23. The summed E-state index contributed by atoms with van der Waals surface area (Å²) in [5, 5.41) is 14.4. The maximum Gasteiger partial charge on any atom is 0.335 e. The first-order chi connectivity index (χ1) is 20.2. The summed E-state index contributed by atoms with van der Waals surface area (Å²) < 4.78 is 10.3. The van der Waals surface area contributed by atoms with Crippen LogP contribution >= 0.6 is 15.9 Å². The van der Waals surface area contributed by atoms with E-state index in [2.05, 4.69) is 32.5 Å². The zero-order valence-electron chi connectivity index (χ0n) is 23.8. The number of carbonyl (C=O) groups is 1. The Hall–Kier alpha value is -4.50. The maximum absolute atomic E-state index is 13.5. The van der Waals surface area contributed by atoms with Gasteiger partial charge in [-0.3, -0.25) is 4.79 Å². The second kappa shape index (κ2) is 12.2. The highest BCUT2D eigenvalue weighted by atomic mass is 79.9. The van der Waals surface area contributed by atoms with Crippen molar-refractivity contribution < 1.29 is 14.6 Å². The number of aryl methyl sites for hydroxylation is 1. The molecule has 1 N–H and O–H groups in total. The molecule has 214 valence electrons. The van der Waals surface area contributed by atoms with Gasteiger partial charge in [-0.1, -0.05) is 41.9 Å². The molecule has 0 spiro atoms. The smallest absolute Gasteiger partial charge is 0.335 e. The van der Waals surface area contributed by atoms with Gasteiger partial charge in [0, 0.05) is 33.0 Å². The van der Waals surface area contributed by atoms with Crippen LogP contribution in [0, 0.1) is 13.8 Å². The molecule has 0 fully saturated rings. The summed E-state index contributed by atoms with van der Waals surface area (Å²) in [6.45, 7) is 8.42. The predicted molar refractivity (Wildman–Crippen MR) is 168 cm³/mol. The molecule has 0 radical (unpaired) electrons. The summed E-state index contributed by atoms with van der Waals surface area (Å²) in [7, 11) is 0. The number of aromatic nitrogens is 3. The SMILES string of the molecule is CC[C@@H](C)c1nc2ccc(Br)cc2c(=O)n1N=Cc1cc(C)n(-c2ccc(OCc3cccc(C(=O)O)c3)cc2)c1C. The highest BCUT2D eigenvalue weighted by Gasteiger charge is 2.16. The van der Waals surface area contributed by atoms with Crippen molar-refractivity contribution >= 4 is 39.0 Å². The number of nitrogens with zero attached hydrogens (tertiary/aromatic N) is 4. The fourth-order valence-electron chi connectivity index (χ4n) is 4.87. The van der Waals surface area contributed by atoms with Crippen LogP contribution in [0.15, 0.2) is 87.2 Å². The summed E-state index contributed by atoms with van der Waals surface area (Å²) in [6.07, 6.45) is 2.55. The Morgan fingerprint density at radius 3 is 2.57 bits per heavy atom. The van der Waals surface area contributed by atoms with E-state index >= 15 is 0 Å². The number of fused-ring (bicyclic) bond motifs is 1. The first-order valence-corrected chi connectivity index (χ1v) is 14.5. The van der Waals surface area contributed by atoms with Gasteiger partial charge < -0.3 is 14.4 Å². The normalized spacial score (nSPS) is 12.2. The molecule has 0 amide bonds. The number of hydrogen-bond donors (Lipinski definition) is 1. The van der Waals surface area contributed by atoms with Crippen molar-refractivity contribution in [1.29, 1.82) is 0 Å². The molecule has 5 aromatic rings. The second-order valence-electron chi connectivity index (χ2n) is 10.3. The first kappa shape index (κ1) is 29.0. The molecule has 0 aliphatic heterocycles. The van der Waals surface area contributed by atoms with Crippen LogP contribution in [0.2, 0.25) is 0 Å². The third kappa shape index (κ3) is 5.92. The van der Waals surface area contributed by atoms with Crippen molar-refractivity contribution in [3.8, 4) is 11.4 Å². The van der Waals surface area contributed by atoms with Gasteiger partial charge in [-0.15, -0.1) is 0 Å². The van der Waals surface area contributed by atoms with Crippen LogP contribution < -0.4 is 10.3 Å². The molecule has 3 aromatic carbocycles. The van der Waals surface area contributed by atoms with Crippen LogP contribution in [0.4, 0.5) is 0 Å².